The van der Waals surface area contributed by atoms with Gasteiger partial charge in [-0.1, -0.05) is 35.2 Å². The highest BCUT2D eigenvalue weighted by atomic mass is 79.9. The Morgan fingerprint density at radius 2 is 1.90 bits per heavy atom. The van der Waals surface area contributed by atoms with Gasteiger partial charge in [0.25, 0.3) is 5.91 Å². The van der Waals surface area contributed by atoms with Crippen LogP contribution in [0.1, 0.15) is 10.4 Å². The van der Waals surface area contributed by atoms with Crippen molar-refractivity contribution in [3.63, 3.8) is 0 Å². The van der Waals surface area contributed by atoms with Crippen LogP contribution >= 0.6 is 39.0 Å². The van der Waals surface area contributed by atoms with E-state index < -0.39 is 0 Å². The lowest BCUT2D eigenvalue weighted by Crippen LogP contribution is -2.14. The quantitative estimate of drug-likeness (QED) is 0.345. The third-order valence-electron chi connectivity index (χ3n) is 3.75. The monoisotopic (exact) mass is 508 g/mol. The molecule has 0 atom stereocenters. The van der Waals surface area contributed by atoms with Gasteiger partial charge in [-0.25, -0.2) is 0 Å². The Labute approximate surface area is 189 Å². The summed E-state index contributed by atoms with van der Waals surface area (Å²) < 4.78 is 11.7. The number of ether oxygens (including phenoxy) is 2. The molecule has 0 bridgehead atoms. The van der Waals surface area contributed by atoms with E-state index in [4.69, 9.17) is 9.47 Å². The van der Waals surface area contributed by atoms with Gasteiger partial charge in [0.2, 0.25) is 11.0 Å². The Bertz CT molecular complexity index is 1060. The first kappa shape index (κ1) is 22.1. The van der Waals surface area contributed by atoms with Crippen LogP contribution < -0.4 is 20.1 Å². The summed E-state index contributed by atoms with van der Waals surface area (Å²) in [4.78, 5) is 24.6. The predicted molar refractivity (Wildman–Crippen MR) is 121 cm³/mol. The maximum absolute atomic E-state index is 12.3. The molecule has 0 radical (unpaired) electrons. The summed E-state index contributed by atoms with van der Waals surface area (Å²) in [5, 5.41) is 13.8. The van der Waals surface area contributed by atoms with Crippen LogP contribution in [0.3, 0.4) is 0 Å². The van der Waals surface area contributed by atoms with Crippen molar-refractivity contribution in [1.29, 1.82) is 0 Å². The van der Waals surface area contributed by atoms with E-state index >= 15 is 0 Å². The van der Waals surface area contributed by atoms with Crippen molar-refractivity contribution < 1.29 is 19.1 Å². The highest BCUT2D eigenvalue weighted by molar-refractivity contribution is 9.10. The number of nitrogens with one attached hydrogen (secondary N) is 2. The molecular formula is C19H17BrN4O4S2. The van der Waals surface area contributed by atoms with Gasteiger partial charge in [0.15, 0.2) is 4.34 Å². The first-order chi connectivity index (χ1) is 14.5. The zero-order valence-corrected chi connectivity index (χ0v) is 19.2. The van der Waals surface area contributed by atoms with Crippen LogP contribution in [0.15, 0.2) is 51.3 Å². The molecule has 3 rings (SSSR count). The van der Waals surface area contributed by atoms with Gasteiger partial charge in [0.05, 0.1) is 31.2 Å². The number of carbonyl (C=O) groups is 2. The van der Waals surface area contributed by atoms with E-state index in [2.05, 4.69) is 36.8 Å². The standard InChI is InChI=1S/C19H17BrN4O4S2/c1-27-11-7-8-15(28-2)14(9-11)21-16(25)10-29-19-24-23-18(30-19)22-17(26)12-5-3-4-6-13(12)20/h3-9H,10H2,1-2H3,(H,21,25)(H,22,23,26). The van der Waals surface area contributed by atoms with Gasteiger partial charge in [0.1, 0.15) is 11.5 Å². The first-order valence-corrected chi connectivity index (χ1v) is 11.1. The van der Waals surface area contributed by atoms with Crippen LogP contribution in [0.4, 0.5) is 10.8 Å². The van der Waals surface area contributed by atoms with E-state index in [0.29, 0.717) is 36.7 Å². The maximum Gasteiger partial charge on any atom is 0.258 e. The van der Waals surface area contributed by atoms with Crippen LogP contribution in [-0.4, -0.2) is 42.0 Å². The Kier molecular flexibility index (Phi) is 7.66. The second-order valence-electron chi connectivity index (χ2n) is 5.71. The molecule has 30 heavy (non-hydrogen) atoms. The molecule has 0 fully saturated rings. The zero-order chi connectivity index (χ0) is 21.5. The van der Waals surface area contributed by atoms with E-state index in [1.165, 1.54) is 30.2 Å². The molecule has 11 heteroatoms. The Hall–Kier alpha value is -2.63. The number of anilines is 2. The average molecular weight is 509 g/mol. The predicted octanol–water partition coefficient (Wildman–Crippen LogP) is 4.30. The van der Waals surface area contributed by atoms with Gasteiger partial charge in [-0.05, 0) is 40.2 Å². The molecule has 0 spiro atoms. The smallest absolute Gasteiger partial charge is 0.258 e. The zero-order valence-electron chi connectivity index (χ0n) is 16.0. The summed E-state index contributed by atoms with van der Waals surface area (Å²) in [6.45, 7) is 0. The van der Waals surface area contributed by atoms with E-state index in [-0.39, 0.29) is 17.6 Å². The van der Waals surface area contributed by atoms with Crippen molar-refractivity contribution in [1.82, 2.24) is 10.2 Å². The second kappa shape index (κ2) is 10.4. The van der Waals surface area contributed by atoms with Crippen molar-refractivity contribution in [2.75, 3.05) is 30.6 Å². The van der Waals surface area contributed by atoms with Gasteiger partial charge in [-0.2, -0.15) is 0 Å². The minimum absolute atomic E-state index is 0.118. The van der Waals surface area contributed by atoms with Crippen LogP contribution in [0.25, 0.3) is 0 Å². The normalized spacial score (nSPS) is 10.4. The van der Waals surface area contributed by atoms with Crippen molar-refractivity contribution in [3.05, 3.63) is 52.5 Å². The number of amides is 2. The summed E-state index contributed by atoms with van der Waals surface area (Å²) in [6, 6.07) is 12.2. The number of hydrogen-bond acceptors (Lipinski definition) is 8. The summed E-state index contributed by atoms with van der Waals surface area (Å²) in [7, 11) is 3.07. The largest absolute Gasteiger partial charge is 0.497 e. The fourth-order valence-electron chi connectivity index (χ4n) is 2.35. The summed E-state index contributed by atoms with van der Waals surface area (Å²) in [6.07, 6.45) is 0. The molecule has 8 nitrogen and oxygen atoms in total. The number of nitrogens with zero attached hydrogens (tertiary/aromatic N) is 2. The van der Waals surface area contributed by atoms with E-state index in [9.17, 15) is 9.59 Å². The first-order valence-electron chi connectivity index (χ1n) is 8.54. The average Bonchev–Trinajstić information content (AvgIpc) is 3.19. The third kappa shape index (κ3) is 5.71. The van der Waals surface area contributed by atoms with Crippen LogP contribution in [0.2, 0.25) is 0 Å². The number of rotatable bonds is 8. The van der Waals surface area contributed by atoms with Crippen LogP contribution in [0, 0.1) is 0 Å². The Balaban J connectivity index is 1.56. The number of thioether (sulfide) groups is 1. The summed E-state index contributed by atoms with van der Waals surface area (Å²) >= 11 is 5.75. The molecule has 0 aliphatic carbocycles. The Morgan fingerprint density at radius 1 is 1.10 bits per heavy atom. The lowest BCUT2D eigenvalue weighted by atomic mass is 10.2. The lowest BCUT2D eigenvalue weighted by molar-refractivity contribution is -0.113. The molecule has 3 aromatic rings. The second-order valence-corrected chi connectivity index (χ2v) is 8.76. The SMILES string of the molecule is COc1ccc(OC)c(NC(=O)CSc2nnc(NC(=O)c3ccccc3Br)s2)c1. The molecule has 0 unspecified atom stereocenters. The third-order valence-corrected chi connectivity index (χ3v) is 6.42. The molecule has 2 aromatic carbocycles. The van der Waals surface area contributed by atoms with E-state index in [0.717, 1.165) is 0 Å². The molecular weight excluding hydrogens is 492 g/mol. The number of halogens is 1. The number of hydrogen-bond donors (Lipinski definition) is 2. The van der Waals surface area contributed by atoms with E-state index in [1.807, 2.05) is 6.07 Å². The van der Waals surface area contributed by atoms with Gasteiger partial charge in [-0.3, -0.25) is 14.9 Å². The van der Waals surface area contributed by atoms with Crippen molar-refractivity contribution >= 4 is 61.7 Å². The number of methoxy groups -OCH3 is 2. The topological polar surface area (TPSA) is 102 Å². The number of carbonyl (C=O) groups excluding carboxylic acids is 2. The minimum Gasteiger partial charge on any atom is -0.497 e. The van der Waals surface area contributed by atoms with Crippen molar-refractivity contribution in [2.24, 2.45) is 0 Å². The molecule has 1 aromatic heterocycles. The number of aromatic nitrogens is 2. The number of benzene rings is 2. The van der Waals surface area contributed by atoms with Crippen molar-refractivity contribution in [2.45, 2.75) is 4.34 Å². The maximum atomic E-state index is 12.3. The van der Waals surface area contributed by atoms with Crippen LogP contribution in [0.5, 0.6) is 11.5 Å². The highest BCUT2D eigenvalue weighted by Crippen LogP contribution is 2.30. The van der Waals surface area contributed by atoms with Gasteiger partial charge in [0, 0.05) is 10.5 Å². The van der Waals surface area contributed by atoms with Crippen molar-refractivity contribution in [3.8, 4) is 11.5 Å². The highest BCUT2D eigenvalue weighted by Gasteiger charge is 2.14. The minimum atomic E-state index is -0.293. The van der Waals surface area contributed by atoms with Gasteiger partial charge in [-0.15, -0.1) is 10.2 Å². The molecule has 1 heterocycles. The molecule has 156 valence electrons. The lowest BCUT2D eigenvalue weighted by Gasteiger charge is -2.11. The van der Waals surface area contributed by atoms with Gasteiger partial charge >= 0.3 is 0 Å². The fourth-order valence-corrected chi connectivity index (χ4v) is 4.37. The molecule has 0 saturated carbocycles. The molecule has 0 saturated heterocycles. The summed E-state index contributed by atoms with van der Waals surface area (Å²) in [5.74, 6) is 0.724. The fraction of sp³-hybridized carbons (Fsp3) is 0.158. The van der Waals surface area contributed by atoms with Crippen LogP contribution in [-0.2, 0) is 4.79 Å². The molecule has 0 aliphatic rings. The molecule has 2 N–H and O–H groups in total. The molecule has 2 amide bonds. The molecule has 0 aliphatic heterocycles. The van der Waals surface area contributed by atoms with E-state index in [1.54, 1.807) is 43.5 Å². The summed E-state index contributed by atoms with van der Waals surface area (Å²) in [5.41, 5.74) is 1.01. The van der Waals surface area contributed by atoms with Gasteiger partial charge < -0.3 is 14.8 Å². The Morgan fingerprint density at radius 3 is 2.63 bits per heavy atom.